The second-order valence-corrected chi connectivity index (χ2v) is 6.28. The number of rotatable bonds is 2. The Hall–Kier alpha value is -2.01. The quantitative estimate of drug-likeness (QED) is 0.816. The van der Waals surface area contributed by atoms with E-state index in [1.54, 1.807) is 12.1 Å². The molecule has 0 saturated carbocycles. The number of nitrogens with zero attached hydrogens (tertiary/aromatic N) is 1. The molecule has 1 aromatic carbocycles. The molecule has 0 spiro atoms. The van der Waals surface area contributed by atoms with Gasteiger partial charge >= 0.3 is 6.03 Å². The summed E-state index contributed by atoms with van der Waals surface area (Å²) in [5.74, 6) is -0.0684. The van der Waals surface area contributed by atoms with Crippen LogP contribution in [0, 0.1) is 0 Å². The Balaban J connectivity index is 1.75. The minimum Gasteiger partial charge on any atom is -0.338 e. The Bertz CT molecular complexity index is 674. The Morgan fingerprint density at radius 3 is 2.78 bits per heavy atom. The first-order valence-corrected chi connectivity index (χ1v) is 8.34. The number of nitrogens with one attached hydrogen (secondary N) is 2. The number of piperidine rings is 1. The summed E-state index contributed by atoms with van der Waals surface area (Å²) in [5.41, 5.74) is 3.56. The number of halogens is 1. The Kier molecular flexibility index (Phi) is 4.57. The molecule has 0 bridgehead atoms. The molecular weight excluding hydrogens is 314 g/mol. The molecule has 0 unspecified atom stereocenters. The number of amides is 3. The molecule has 1 fully saturated rings. The summed E-state index contributed by atoms with van der Waals surface area (Å²) in [6, 6.07) is 5.45. The van der Waals surface area contributed by atoms with Gasteiger partial charge in [0.25, 0.3) is 5.91 Å². The van der Waals surface area contributed by atoms with Crippen LogP contribution in [0.3, 0.4) is 0 Å². The lowest BCUT2D eigenvalue weighted by Crippen LogP contribution is -2.43. The second-order valence-electron chi connectivity index (χ2n) is 5.84. The van der Waals surface area contributed by atoms with Crippen molar-refractivity contribution in [3.8, 4) is 0 Å². The Labute approximate surface area is 140 Å². The average molecular weight is 334 g/mol. The first-order chi connectivity index (χ1) is 11.1. The third kappa shape index (κ3) is 3.20. The van der Waals surface area contributed by atoms with E-state index in [-0.39, 0.29) is 11.9 Å². The second kappa shape index (κ2) is 6.62. The van der Waals surface area contributed by atoms with Gasteiger partial charge in [-0.3, -0.25) is 4.79 Å². The van der Waals surface area contributed by atoms with E-state index in [2.05, 4.69) is 10.6 Å². The molecule has 2 heterocycles. The van der Waals surface area contributed by atoms with Crippen LogP contribution in [0.5, 0.6) is 0 Å². The lowest BCUT2D eigenvalue weighted by Gasteiger charge is -2.29. The summed E-state index contributed by atoms with van der Waals surface area (Å²) in [5, 5.41) is 6.38. The smallest absolute Gasteiger partial charge is 0.317 e. The van der Waals surface area contributed by atoms with Gasteiger partial charge in [-0.15, -0.1) is 0 Å². The lowest BCUT2D eigenvalue weighted by molar-refractivity contribution is -0.110. The third-order valence-electron chi connectivity index (χ3n) is 4.26. The van der Waals surface area contributed by atoms with E-state index >= 15 is 0 Å². The number of likely N-dealkylation sites (tertiary alicyclic amines) is 1. The van der Waals surface area contributed by atoms with Gasteiger partial charge in [-0.2, -0.15) is 0 Å². The van der Waals surface area contributed by atoms with Crippen LogP contribution in [-0.2, 0) is 4.79 Å². The van der Waals surface area contributed by atoms with Crippen molar-refractivity contribution < 1.29 is 9.59 Å². The van der Waals surface area contributed by atoms with E-state index in [9.17, 15) is 9.59 Å². The predicted octanol–water partition coefficient (Wildman–Crippen LogP) is 3.26. The number of carbonyl (C=O) groups excluding carboxylic acids is 2. The number of hydrogen-bond acceptors (Lipinski definition) is 2. The van der Waals surface area contributed by atoms with Crippen molar-refractivity contribution in [2.45, 2.75) is 26.2 Å². The van der Waals surface area contributed by atoms with E-state index in [1.807, 2.05) is 17.9 Å². The summed E-state index contributed by atoms with van der Waals surface area (Å²) in [6.07, 6.45) is 2.38. The maximum Gasteiger partial charge on any atom is 0.317 e. The van der Waals surface area contributed by atoms with Gasteiger partial charge in [-0.1, -0.05) is 30.2 Å². The van der Waals surface area contributed by atoms with Gasteiger partial charge in [-0.05, 0) is 31.4 Å². The molecule has 23 heavy (non-hydrogen) atoms. The molecule has 0 aromatic heterocycles. The highest BCUT2D eigenvalue weighted by Crippen LogP contribution is 2.38. The predicted molar refractivity (Wildman–Crippen MR) is 91.5 cm³/mol. The van der Waals surface area contributed by atoms with E-state index in [0.29, 0.717) is 24.7 Å². The highest BCUT2D eigenvalue weighted by atomic mass is 35.5. The molecule has 3 amide bonds. The highest BCUT2D eigenvalue weighted by Gasteiger charge is 2.29. The number of fused-ring (bicyclic) bond motifs is 1. The summed E-state index contributed by atoms with van der Waals surface area (Å²) in [4.78, 5) is 26.1. The van der Waals surface area contributed by atoms with Crippen molar-refractivity contribution in [3.63, 3.8) is 0 Å². The fourth-order valence-electron chi connectivity index (χ4n) is 3.07. The van der Waals surface area contributed by atoms with Gasteiger partial charge in [0.15, 0.2) is 0 Å². The average Bonchev–Trinajstić information content (AvgIpc) is 2.87. The SMILES string of the molecule is CCCNC(=O)N1CCC(=C2C(=O)Nc3cc(Cl)ccc32)CC1. The fourth-order valence-corrected chi connectivity index (χ4v) is 3.24. The normalized spacial score (nSPS) is 17.1. The summed E-state index contributed by atoms with van der Waals surface area (Å²) >= 11 is 5.98. The topological polar surface area (TPSA) is 61.4 Å². The van der Waals surface area contributed by atoms with Crippen molar-refractivity contribution >= 4 is 34.8 Å². The van der Waals surface area contributed by atoms with Crippen molar-refractivity contribution in [2.75, 3.05) is 25.0 Å². The van der Waals surface area contributed by atoms with Crippen molar-refractivity contribution in [1.29, 1.82) is 0 Å². The third-order valence-corrected chi connectivity index (χ3v) is 4.50. The number of hydrogen-bond donors (Lipinski definition) is 2. The van der Waals surface area contributed by atoms with Gasteiger partial charge in [0.05, 0.1) is 5.69 Å². The van der Waals surface area contributed by atoms with Gasteiger partial charge in [0.2, 0.25) is 0 Å². The standard InChI is InChI=1S/C17H20ClN3O2/c1-2-7-19-17(23)21-8-5-11(6-9-21)15-13-4-3-12(18)10-14(13)20-16(15)22/h3-4,10H,2,5-9H2,1H3,(H,19,23)(H,20,22). The van der Waals surface area contributed by atoms with Crippen LogP contribution < -0.4 is 10.6 Å². The zero-order valence-electron chi connectivity index (χ0n) is 13.1. The molecule has 3 rings (SSSR count). The molecule has 5 nitrogen and oxygen atoms in total. The first-order valence-electron chi connectivity index (χ1n) is 7.96. The molecule has 0 atom stereocenters. The van der Waals surface area contributed by atoms with E-state index < -0.39 is 0 Å². The molecule has 1 aromatic rings. The van der Waals surface area contributed by atoms with Crippen LogP contribution in [0.4, 0.5) is 10.5 Å². The van der Waals surface area contributed by atoms with Crippen LogP contribution in [0.15, 0.2) is 23.8 Å². The first kappa shape index (κ1) is 15.9. The molecule has 2 aliphatic heterocycles. The minimum absolute atomic E-state index is 0.0149. The van der Waals surface area contributed by atoms with E-state index in [0.717, 1.165) is 41.7 Å². The number of carbonyl (C=O) groups is 2. The van der Waals surface area contributed by atoms with Gasteiger partial charge in [0.1, 0.15) is 0 Å². The summed E-state index contributed by atoms with van der Waals surface area (Å²) in [6.45, 7) is 4.01. The lowest BCUT2D eigenvalue weighted by atomic mass is 9.94. The maximum absolute atomic E-state index is 12.3. The highest BCUT2D eigenvalue weighted by molar-refractivity contribution is 6.34. The Morgan fingerprint density at radius 1 is 1.35 bits per heavy atom. The number of anilines is 1. The van der Waals surface area contributed by atoms with Crippen LogP contribution in [0.1, 0.15) is 31.7 Å². The minimum atomic E-state index is -0.0684. The van der Waals surface area contributed by atoms with Crippen LogP contribution >= 0.6 is 11.6 Å². The molecular formula is C17H20ClN3O2. The molecule has 0 aliphatic carbocycles. The monoisotopic (exact) mass is 333 g/mol. The van der Waals surface area contributed by atoms with Gasteiger partial charge in [0, 0.05) is 35.8 Å². The Morgan fingerprint density at radius 2 is 2.09 bits per heavy atom. The van der Waals surface area contributed by atoms with Gasteiger partial charge in [-0.25, -0.2) is 4.79 Å². The molecule has 1 saturated heterocycles. The van der Waals surface area contributed by atoms with Crippen LogP contribution in [0.2, 0.25) is 5.02 Å². The zero-order chi connectivity index (χ0) is 16.4. The number of urea groups is 1. The van der Waals surface area contributed by atoms with Crippen LogP contribution in [-0.4, -0.2) is 36.5 Å². The van der Waals surface area contributed by atoms with E-state index in [4.69, 9.17) is 11.6 Å². The molecule has 2 N–H and O–H groups in total. The molecule has 0 radical (unpaired) electrons. The van der Waals surface area contributed by atoms with Crippen molar-refractivity contribution in [2.24, 2.45) is 0 Å². The molecule has 6 heteroatoms. The number of benzene rings is 1. The molecule has 2 aliphatic rings. The van der Waals surface area contributed by atoms with Crippen LogP contribution in [0.25, 0.3) is 5.57 Å². The largest absolute Gasteiger partial charge is 0.338 e. The van der Waals surface area contributed by atoms with Crippen molar-refractivity contribution in [3.05, 3.63) is 34.4 Å². The zero-order valence-corrected chi connectivity index (χ0v) is 13.9. The summed E-state index contributed by atoms with van der Waals surface area (Å²) < 4.78 is 0. The summed E-state index contributed by atoms with van der Waals surface area (Å²) in [7, 11) is 0. The van der Waals surface area contributed by atoms with Gasteiger partial charge < -0.3 is 15.5 Å². The fraction of sp³-hybridized carbons (Fsp3) is 0.412. The van der Waals surface area contributed by atoms with E-state index in [1.165, 1.54) is 0 Å². The molecule has 122 valence electrons. The van der Waals surface area contributed by atoms with Crippen molar-refractivity contribution in [1.82, 2.24) is 10.2 Å². The maximum atomic E-state index is 12.3.